The van der Waals surface area contributed by atoms with Crippen LogP contribution in [-0.4, -0.2) is 15.4 Å². The van der Waals surface area contributed by atoms with Crippen LogP contribution in [0.1, 0.15) is 11.3 Å². The number of carbonyl (C=O) groups is 1. The molecule has 2 aromatic heterocycles. The van der Waals surface area contributed by atoms with Crippen molar-refractivity contribution in [2.75, 3.05) is 0 Å². The first-order valence-electron chi connectivity index (χ1n) is 8.11. The molecule has 27 heavy (non-hydrogen) atoms. The van der Waals surface area contributed by atoms with E-state index in [1.807, 2.05) is 24.3 Å². The molecule has 0 spiro atoms. The van der Waals surface area contributed by atoms with E-state index in [0.717, 1.165) is 10.2 Å². The lowest BCUT2D eigenvalue weighted by Gasteiger charge is -2.02. The van der Waals surface area contributed by atoms with Crippen molar-refractivity contribution in [3.8, 4) is 0 Å². The second kappa shape index (κ2) is 7.13. The number of esters is 1. The van der Waals surface area contributed by atoms with E-state index < -0.39 is 5.97 Å². The highest BCUT2D eigenvalue weighted by atomic mass is 32.1. The topological polar surface area (TPSA) is 60.7 Å². The van der Waals surface area contributed by atoms with Crippen LogP contribution in [0.2, 0.25) is 0 Å². The summed E-state index contributed by atoms with van der Waals surface area (Å²) in [6, 6.07) is 14.8. The number of rotatable bonds is 4. The monoisotopic (exact) mass is 380 g/mol. The molecule has 134 valence electrons. The van der Waals surface area contributed by atoms with Crippen LogP contribution in [0.4, 0.5) is 4.39 Å². The molecule has 0 bridgehead atoms. The van der Waals surface area contributed by atoms with Crippen molar-refractivity contribution in [1.82, 2.24) is 9.38 Å². The molecule has 0 aliphatic heterocycles. The first-order chi connectivity index (χ1) is 13.1. The van der Waals surface area contributed by atoms with Gasteiger partial charge in [-0.15, -0.1) is 0 Å². The summed E-state index contributed by atoms with van der Waals surface area (Å²) in [6.07, 6.45) is 2.67. The van der Waals surface area contributed by atoms with E-state index in [0.29, 0.717) is 16.2 Å². The molecule has 0 amide bonds. The standard InChI is InChI=1S/C20H13FN2O3S/c21-14-5-3-4-13(10-14)8-9-19(25)26-12-15-11-18(24)23-16-6-1-2-7-17(16)27-20(23)22-15/h1-11H,12H2. The Kier molecular flexibility index (Phi) is 4.52. The molecular formula is C20H13FN2O3S. The molecular weight excluding hydrogens is 367 g/mol. The van der Waals surface area contributed by atoms with E-state index in [4.69, 9.17) is 4.74 Å². The summed E-state index contributed by atoms with van der Waals surface area (Å²) in [5.41, 5.74) is 1.50. The lowest BCUT2D eigenvalue weighted by Crippen LogP contribution is -2.14. The number of carbonyl (C=O) groups excluding carboxylic acids is 1. The Labute approximate surface area is 157 Å². The van der Waals surface area contributed by atoms with Gasteiger partial charge in [0.2, 0.25) is 0 Å². The lowest BCUT2D eigenvalue weighted by atomic mass is 10.2. The van der Waals surface area contributed by atoms with Crippen LogP contribution in [0.3, 0.4) is 0 Å². The largest absolute Gasteiger partial charge is 0.456 e. The van der Waals surface area contributed by atoms with Crippen molar-refractivity contribution in [1.29, 1.82) is 0 Å². The van der Waals surface area contributed by atoms with Gasteiger partial charge in [-0.1, -0.05) is 35.6 Å². The first kappa shape index (κ1) is 17.1. The van der Waals surface area contributed by atoms with Crippen molar-refractivity contribution in [3.05, 3.63) is 88.1 Å². The molecule has 5 nitrogen and oxygen atoms in total. The third-order valence-electron chi connectivity index (χ3n) is 3.87. The molecule has 4 aromatic rings. The Morgan fingerprint density at radius 1 is 1.19 bits per heavy atom. The maximum Gasteiger partial charge on any atom is 0.331 e. The molecule has 0 aliphatic carbocycles. The highest BCUT2D eigenvalue weighted by Crippen LogP contribution is 2.23. The van der Waals surface area contributed by atoms with Gasteiger partial charge in [0.1, 0.15) is 12.4 Å². The van der Waals surface area contributed by atoms with Gasteiger partial charge in [0, 0.05) is 12.1 Å². The molecule has 0 saturated heterocycles. The van der Waals surface area contributed by atoms with E-state index >= 15 is 0 Å². The maximum absolute atomic E-state index is 13.1. The predicted molar refractivity (Wildman–Crippen MR) is 102 cm³/mol. The Morgan fingerprint density at radius 2 is 2.04 bits per heavy atom. The molecule has 0 unspecified atom stereocenters. The van der Waals surface area contributed by atoms with E-state index in [2.05, 4.69) is 4.98 Å². The van der Waals surface area contributed by atoms with E-state index in [1.165, 1.54) is 46.1 Å². The number of hydrogen-bond acceptors (Lipinski definition) is 5. The summed E-state index contributed by atoms with van der Waals surface area (Å²) in [7, 11) is 0. The van der Waals surface area contributed by atoms with Crippen LogP contribution in [0.5, 0.6) is 0 Å². The number of fused-ring (bicyclic) bond motifs is 3. The Bertz CT molecular complexity index is 1240. The summed E-state index contributed by atoms with van der Waals surface area (Å²) in [4.78, 5) is 29.2. The number of nitrogens with zero attached hydrogens (tertiary/aromatic N) is 2. The second-order valence-corrected chi connectivity index (χ2v) is 6.78. The van der Waals surface area contributed by atoms with Crippen LogP contribution in [0, 0.1) is 5.82 Å². The van der Waals surface area contributed by atoms with Gasteiger partial charge in [0.25, 0.3) is 5.56 Å². The molecule has 7 heteroatoms. The van der Waals surface area contributed by atoms with Gasteiger partial charge in [-0.25, -0.2) is 14.2 Å². The zero-order valence-corrected chi connectivity index (χ0v) is 14.8. The van der Waals surface area contributed by atoms with Gasteiger partial charge in [-0.3, -0.25) is 9.20 Å². The van der Waals surface area contributed by atoms with E-state index in [-0.39, 0.29) is 18.0 Å². The average molecular weight is 380 g/mol. The van der Waals surface area contributed by atoms with Crippen LogP contribution in [0.15, 0.2) is 65.5 Å². The van der Waals surface area contributed by atoms with Crippen molar-refractivity contribution in [3.63, 3.8) is 0 Å². The fraction of sp³-hybridized carbons (Fsp3) is 0.0500. The average Bonchev–Trinajstić information content (AvgIpc) is 3.03. The smallest absolute Gasteiger partial charge is 0.331 e. The molecule has 0 radical (unpaired) electrons. The minimum absolute atomic E-state index is 0.119. The molecule has 4 rings (SSSR count). The fourth-order valence-electron chi connectivity index (χ4n) is 2.66. The summed E-state index contributed by atoms with van der Waals surface area (Å²) in [6.45, 7) is -0.119. The third kappa shape index (κ3) is 3.63. The SMILES string of the molecule is O=C(C=Cc1cccc(F)c1)OCc1cc(=O)n2c(n1)sc1ccccc12. The number of hydrogen-bond donors (Lipinski definition) is 0. The maximum atomic E-state index is 13.1. The summed E-state index contributed by atoms with van der Waals surface area (Å²) in [5, 5.41) is 0. The Morgan fingerprint density at radius 3 is 2.89 bits per heavy atom. The highest BCUT2D eigenvalue weighted by molar-refractivity contribution is 7.23. The van der Waals surface area contributed by atoms with Crippen LogP contribution in [0.25, 0.3) is 21.3 Å². The predicted octanol–water partition coefficient (Wildman–Crippen LogP) is 3.80. The van der Waals surface area contributed by atoms with Gasteiger partial charge in [-0.05, 0) is 35.9 Å². The quantitative estimate of drug-likeness (QED) is 0.399. The molecule has 0 fully saturated rings. The summed E-state index contributed by atoms with van der Waals surface area (Å²) < 4.78 is 20.7. The minimum atomic E-state index is -0.599. The highest BCUT2D eigenvalue weighted by Gasteiger charge is 2.10. The minimum Gasteiger partial charge on any atom is -0.456 e. The summed E-state index contributed by atoms with van der Waals surface area (Å²) >= 11 is 1.40. The number of para-hydroxylation sites is 1. The normalized spacial score (nSPS) is 11.4. The van der Waals surface area contributed by atoms with Crippen molar-refractivity contribution in [2.24, 2.45) is 0 Å². The molecule has 0 aliphatic rings. The molecule has 2 heterocycles. The van der Waals surface area contributed by atoms with Crippen molar-refractivity contribution < 1.29 is 13.9 Å². The van der Waals surface area contributed by atoms with Crippen molar-refractivity contribution >= 4 is 38.6 Å². The summed E-state index contributed by atoms with van der Waals surface area (Å²) in [5.74, 6) is -0.982. The first-order valence-corrected chi connectivity index (χ1v) is 8.92. The van der Waals surface area contributed by atoms with Crippen molar-refractivity contribution in [2.45, 2.75) is 6.61 Å². The Hall–Kier alpha value is -3.32. The molecule has 0 N–H and O–H groups in total. The fourth-order valence-corrected chi connectivity index (χ4v) is 3.71. The molecule has 0 atom stereocenters. The van der Waals surface area contributed by atoms with Gasteiger partial charge in [0.15, 0.2) is 4.96 Å². The number of aromatic nitrogens is 2. The third-order valence-corrected chi connectivity index (χ3v) is 4.89. The lowest BCUT2D eigenvalue weighted by molar-refractivity contribution is -0.139. The number of thiazole rings is 1. The van der Waals surface area contributed by atoms with Crippen LogP contribution < -0.4 is 5.56 Å². The molecule has 0 saturated carbocycles. The van der Waals surface area contributed by atoms with Crippen LogP contribution >= 0.6 is 11.3 Å². The number of halogens is 1. The van der Waals surface area contributed by atoms with E-state index in [1.54, 1.807) is 12.1 Å². The van der Waals surface area contributed by atoms with Crippen LogP contribution in [-0.2, 0) is 16.1 Å². The van der Waals surface area contributed by atoms with E-state index in [9.17, 15) is 14.0 Å². The zero-order valence-electron chi connectivity index (χ0n) is 14.0. The second-order valence-electron chi connectivity index (χ2n) is 5.77. The molecule has 2 aromatic carbocycles. The van der Waals surface area contributed by atoms with Gasteiger partial charge in [-0.2, -0.15) is 0 Å². The van der Waals surface area contributed by atoms with Gasteiger partial charge in [0.05, 0.1) is 15.9 Å². The van der Waals surface area contributed by atoms with Gasteiger partial charge < -0.3 is 4.74 Å². The Balaban J connectivity index is 1.51. The van der Waals surface area contributed by atoms with Gasteiger partial charge >= 0.3 is 5.97 Å². The number of ether oxygens (including phenoxy) is 1. The number of benzene rings is 2. The zero-order chi connectivity index (χ0) is 18.8.